The van der Waals surface area contributed by atoms with Crippen LogP contribution in [0.15, 0.2) is 32.7 Å². The normalized spacial score (nSPS) is 12.9. The van der Waals surface area contributed by atoms with Crippen LogP contribution in [0.4, 0.5) is 0 Å². The predicted octanol–water partition coefficient (Wildman–Crippen LogP) is 3.43. The zero-order chi connectivity index (χ0) is 12.3. The first-order chi connectivity index (χ1) is 7.35. The number of benzene rings is 1. The number of nitrogens with zero attached hydrogens (tertiary/aromatic N) is 1. The average Bonchev–Trinajstić information content (AvgIpc) is 2.14. The van der Waals surface area contributed by atoms with Gasteiger partial charge in [0.15, 0.2) is 5.84 Å². The summed E-state index contributed by atoms with van der Waals surface area (Å²) in [5.74, 6) is 0.124. The lowest BCUT2D eigenvalue weighted by Gasteiger charge is -2.20. The molecule has 1 rings (SSSR count). The van der Waals surface area contributed by atoms with Crippen LogP contribution < -0.4 is 5.73 Å². The minimum absolute atomic E-state index is 0.0747. The molecule has 0 spiro atoms. The standard InChI is InChI=1S/C11H15BrN2OS/c1-11(2,3)16-8-6-4-5-7(12)9(8)10(13)14-15/h4-6,15H,1-3H3,(H2,13,14). The van der Waals surface area contributed by atoms with Crippen molar-refractivity contribution in [3.05, 3.63) is 28.2 Å². The van der Waals surface area contributed by atoms with Gasteiger partial charge in [-0.2, -0.15) is 0 Å². The van der Waals surface area contributed by atoms with Crippen LogP contribution in [0.3, 0.4) is 0 Å². The third-order valence-electron chi connectivity index (χ3n) is 1.76. The smallest absolute Gasteiger partial charge is 0.172 e. The third kappa shape index (κ3) is 3.42. The Kier molecular flexibility index (Phi) is 4.27. The highest BCUT2D eigenvalue weighted by atomic mass is 79.9. The second-order valence-corrected chi connectivity index (χ2v) is 7.04. The Morgan fingerprint density at radius 2 is 2.06 bits per heavy atom. The van der Waals surface area contributed by atoms with Crippen molar-refractivity contribution in [1.29, 1.82) is 0 Å². The van der Waals surface area contributed by atoms with E-state index in [-0.39, 0.29) is 10.6 Å². The van der Waals surface area contributed by atoms with E-state index in [4.69, 9.17) is 10.9 Å². The Morgan fingerprint density at radius 3 is 2.56 bits per heavy atom. The van der Waals surface area contributed by atoms with Crippen molar-refractivity contribution < 1.29 is 5.21 Å². The summed E-state index contributed by atoms with van der Waals surface area (Å²) >= 11 is 5.09. The Morgan fingerprint density at radius 1 is 1.44 bits per heavy atom. The quantitative estimate of drug-likeness (QED) is 0.289. The fraction of sp³-hybridized carbons (Fsp3) is 0.364. The molecule has 0 heterocycles. The number of halogens is 1. The van der Waals surface area contributed by atoms with Gasteiger partial charge in [0, 0.05) is 19.7 Å². The summed E-state index contributed by atoms with van der Waals surface area (Å²) < 4.78 is 0.905. The van der Waals surface area contributed by atoms with Gasteiger partial charge >= 0.3 is 0 Å². The Balaban J connectivity index is 3.24. The van der Waals surface area contributed by atoms with E-state index in [9.17, 15) is 0 Å². The molecule has 5 heteroatoms. The molecule has 0 aromatic heterocycles. The molecule has 0 bridgehead atoms. The van der Waals surface area contributed by atoms with Crippen LogP contribution in [0.25, 0.3) is 0 Å². The van der Waals surface area contributed by atoms with E-state index in [2.05, 4.69) is 41.9 Å². The van der Waals surface area contributed by atoms with Crippen molar-refractivity contribution >= 4 is 33.5 Å². The highest BCUT2D eigenvalue weighted by Gasteiger charge is 2.18. The molecule has 1 aromatic carbocycles. The van der Waals surface area contributed by atoms with E-state index >= 15 is 0 Å². The summed E-state index contributed by atoms with van der Waals surface area (Å²) in [6.07, 6.45) is 0. The predicted molar refractivity (Wildman–Crippen MR) is 72.3 cm³/mol. The molecule has 0 saturated heterocycles. The Hall–Kier alpha value is -0.680. The van der Waals surface area contributed by atoms with Gasteiger partial charge in [-0.15, -0.1) is 11.8 Å². The van der Waals surface area contributed by atoms with Crippen LogP contribution in [-0.4, -0.2) is 15.8 Å². The molecule has 0 unspecified atom stereocenters. The van der Waals surface area contributed by atoms with Gasteiger partial charge in [0.05, 0.1) is 0 Å². The van der Waals surface area contributed by atoms with Crippen LogP contribution in [0.1, 0.15) is 26.3 Å². The number of rotatable bonds is 2. The zero-order valence-corrected chi connectivity index (χ0v) is 11.9. The van der Waals surface area contributed by atoms with Crippen molar-refractivity contribution in [1.82, 2.24) is 0 Å². The molecule has 0 saturated carbocycles. The topological polar surface area (TPSA) is 58.6 Å². The fourth-order valence-corrected chi connectivity index (χ4v) is 3.04. The monoisotopic (exact) mass is 302 g/mol. The Labute approximate surface area is 108 Å². The van der Waals surface area contributed by atoms with Crippen LogP contribution in [0, 0.1) is 0 Å². The zero-order valence-electron chi connectivity index (χ0n) is 9.49. The maximum Gasteiger partial charge on any atom is 0.172 e. The van der Waals surface area contributed by atoms with Crippen molar-refractivity contribution in [2.45, 2.75) is 30.4 Å². The first kappa shape index (κ1) is 13.4. The minimum atomic E-state index is 0.0747. The van der Waals surface area contributed by atoms with Crippen molar-refractivity contribution in [3.63, 3.8) is 0 Å². The number of hydrogen-bond acceptors (Lipinski definition) is 3. The number of hydrogen-bond donors (Lipinski definition) is 2. The molecule has 0 amide bonds. The number of amidine groups is 1. The van der Waals surface area contributed by atoms with Crippen LogP contribution in [0.5, 0.6) is 0 Å². The van der Waals surface area contributed by atoms with Crippen LogP contribution in [0.2, 0.25) is 0 Å². The van der Waals surface area contributed by atoms with Gasteiger partial charge in [0.1, 0.15) is 0 Å². The summed E-state index contributed by atoms with van der Waals surface area (Å²) in [6.45, 7) is 6.36. The number of nitrogens with two attached hydrogens (primary N) is 1. The lowest BCUT2D eigenvalue weighted by atomic mass is 10.2. The minimum Gasteiger partial charge on any atom is -0.409 e. The lowest BCUT2D eigenvalue weighted by molar-refractivity contribution is 0.318. The molecule has 3 nitrogen and oxygen atoms in total. The Bertz CT molecular complexity index is 413. The fourth-order valence-electron chi connectivity index (χ4n) is 1.22. The van der Waals surface area contributed by atoms with Gasteiger partial charge in [0.25, 0.3) is 0 Å². The van der Waals surface area contributed by atoms with E-state index < -0.39 is 0 Å². The maximum absolute atomic E-state index is 8.77. The molecule has 0 radical (unpaired) electrons. The molecule has 0 aliphatic heterocycles. The first-order valence-corrected chi connectivity index (χ1v) is 6.41. The van der Waals surface area contributed by atoms with E-state index in [1.807, 2.05) is 18.2 Å². The van der Waals surface area contributed by atoms with E-state index in [0.29, 0.717) is 0 Å². The van der Waals surface area contributed by atoms with Gasteiger partial charge in [-0.25, -0.2) is 0 Å². The van der Waals surface area contributed by atoms with Gasteiger partial charge < -0.3 is 10.9 Å². The molecule has 16 heavy (non-hydrogen) atoms. The highest BCUT2D eigenvalue weighted by molar-refractivity contribution is 9.10. The molecule has 88 valence electrons. The summed E-state index contributed by atoms with van der Waals surface area (Å²) in [5.41, 5.74) is 6.41. The number of oxime groups is 1. The molecular formula is C11H15BrN2OS. The van der Waals surface area contributed by atoms with Gasteiger partial charge in [-0.3, -0.25) is 0 Å². The maximum atomic E-state index is 8.77. The highest BCUT2D eigenvalue weighted by Crippen LogP contribution is 2.36. The summed E-state index contributed by atoms with van der Waals surface area (Å²) in [4.78, 5) is 0.997. The second kappa shape index (κ2) is 5.10. The van der Waals surface area contributed by atoms with Crippen LogP contribution >= 0.6 is 27.7 Å². The summed E-state index contributed by atoms with van der Waals surface area (Å²) in [5, 5.41) is 11.8. The number of thioether (sulfide) groups is 1. The van der Waals surface area contributed by atoms with Gasteiger partial charge in [-0.05, 0) is 28.1 Å². The second-order valence-electron chi connectivity index (χ2n) is 4.31. The van der Waals surface area contributed by atoms with Gasteiger partial charge in [0.2, 0.25) is 0 Å². The molecule has 0 atom stereocenters. The summed E-state index contributed by atoms with van der Waals surface area (Å²) in [6, 6.07) is 5.78. The van der Waals surface area contributed by atoms with E-state index in [0.717, 1.165) is 14.9 Å². The molecule has 0 aliphatic carbocycles. The molecular weight excluding hydrogens is 288 g/mol. The first-order valence-electron chi connectivity index (χ1n) is 4.80. The lowest BCUT2D eigenvalue weighted by Crippen LogP contribution is -2.17. The molecule has 3 N–H and O–H groups in total. The molecule has 0 aliphatic rings. The van der Waals surface area contributed by atoms with Crippen molar-refractivity contribution in [3.8, 4) is 0 Å². The van der Waals surface area contributed by atoms with Crippen molar-refractivity contribution in [2.24, 2.45) is 10.9 Å². The van der Waals surface area contributed by atoms with Gasteiger partial charge in [-0.1, -0.05) is 32.0 Å². The molecule has 1 aromatic rings. The van der Waals surface area contributed by atoms with E-state index in [1.54, 1.807) is 11.8 Å². The summed E-state index contributed by atoms with van der Waals surface area (Å²) in [7, 11) is 0. The average molecular weight is 303 g/mol. The van der Waals surface area contributed by atoms with E-state index in [1.165, 1.54) is 0 Å². The molecule has 0 fully saturated rings. The third-order valence-corrected chi connectivity index (χ3v) is 3.59. The SMILES string of the molecule is CC(C)(C)Sc1cccc(Br)c1/C(N)=N/O. The van der Waals surface area contributed by atoms with Crippen molar-refractivity contribution in [2.75, 3.05) is 0 Å². The largest absolute Gasteiger partial charge is 0.409 e. The van der Waals surface area contributed by atoms with Crippen LogP contribution in [-0.2, 0) is 0 Å².